The van der Waals surface area contributed by atoms with Crippen LogP contribution in [0.2, 0.25) is 0 Å². The minimum Gasteiger partial charge on any atom is -0.488 e. The van der Waals surface area contributed by atoms with Crippen molar-refractivity contribution in [3.05, 3.63) is 82.8 Å². The molecule has 7 nitrogen and oxygen atoms in total. The van der Waals surface area contributed by atoms with Crippen LogP contribution in [0, 0.1) is 5.41 Å². The van der Waals surface area contributed by atoms with E-state index < -0.39 is 12.0 Å². The van der Waals surface area contributed by atoms with Gasteiger partial charge in [0.25, 0.3) is 0 Å². The lowest BCUT2D eigenvalue weighted by Crippen LogP contribution is -2.22. The largest absolute Gasteiger partial charge is 0.488 e. The van der Waals surface area contributed by atoms with Crippen molar-refractivity contribution in [1.82, 2.24) is 0 Å². The second-order valence-corrected chi connectivity index (χ2v) is 7.60. The van der Waals surface area contributed by atoms with E-state index in [1.807, 2.05) is 19.1 Å². The number of rotatable bonds is 11. The third kappa shape index (κ3) is 5.49. The van der Waals surface area contributed by atoms with Crippen molar-refractivity contribution in [2.24, 2.45) is 5.73 Å². The molecule has 0 aliphatic rings. The smallest absolute Gasteiger partial charge is 0.330 e. The minimum atomic E-state index is -1.01. The molecule has 7 heteroatoms. The van der Waals surface area contributed by atoms with Crippen molar-refractivity contribution in [2.75, 3.05) is 5.32 Å². The van der Waals surface area contributed by atoms with Crippen LogP contribution in [-0.4, -0.2) is 16.9 Å². The van der Waals surface area contributed by atoms with Gasteiger partial charge in [-0.3, -0.25) is 5.41 Å². The van der Waals surface area contributed by atoms with E-state index in [2.05, 4.69) is 18.3 Å². The summed E-state index contributed by atoms with van der Waals surface area (Å²) in [7, 11) is 0. The standard InChI is InChI=1S/C25H29N3O4/c1-3-5-19-12-16(4-2)13-21(23(19)32-15-17-10-11-31-14-17)22(25(29)30)28-20-8-6-18(7-9-20)24(26)27/h6-14,22,28H,3-5,15H2,1-2H3,(H3,26,27)(H,29,30)/t22-/m1/s1. The van der Waals surface area contributed by atoms with E-state index in [-0.39, 0.29) is 12.4 Å². The number of carboxylic acid groups (broad SMARTS) is 1. The molecule has 3 rings (SSSR count). The van der Waals surface area contributed by atoms with Gasteiger partial charge in [-0.1, -0.05) is 26.3 Å². The molecule has 0 spiro atoms. The number of hydrogen-bond donors (Lipinski definition) is 4. The van der Waals surface area contributed by atoms with Crippen molar-refractivity contribution in [3.63, 3.8) is 0 Å². The molecule has 0 amide bonds. The SMILES string of the molecule is CCCc1cc(CC)cc([C@@H](Nc2ccc(C(=N)N)cc2)C(=O)O)c1OCc1ccoc1. The Kier molecular flexibility index (Phi) is 7.54. The minimum absolute atomic E-state index is 0.0406. The molecular weight excluding hydrogens is 406 g/mol. The normalized spacial score (nSPS) is 11.7. The summed E-state index contributed by atoms with van der Waals surface area (Å²) in [4.78, 5) is 12.3. The maximum Gasteiger partial charge on any atom is 0.330 e. The first-order valence-electron chi connectivity index (χ1n) is 10.7. The quantitative estimate of drug-likeness (QED) is 0.251. The van der Waals surface area contributed by atoms with Gasteiger partial charge < -0.3 is 25.3 Å². The van der Waals surface area contributed by atoms with Crippen LogP contribution in [-0.2, 0) is 24.2 Å². The molecule has 0 fully saturated rings. The maximum absolute atomic E-state index is 12.3. The van der Waals surface area contributed by atoms with Gasteiger partial charge in [0, 0.05) is 22.4 Å². The lowest BCUT2D eigenvalue weighted by Gasteiger charge is -2.23. The fourth-order valence-electron chi connectivity index (χ4n) is 3.55. The topological polar surface area (TPSA) is 122 Å². The van der Waals surface area contributed by atoms with Crippen LogP contribution in [0.15, 0.2) is 59.4 Å². The molecule has 0 bridgehead atoms. The molecule has 0 aliphatic carbocycles. The summed E-state index contributed by atoms with van der Waals surface area (Å²) in [5.74, 6) is -0.462. The number of aryl methyl sites for hydroxylation is 2. The Labute approximate surface area is 187 Å². The number of aliphatic carboxylic acids is 1. The number of nitrogens with one attached hydrogen (secondary N) is 2. The number of anilines is 1. The average molecular weight is 436 g/mol. The number of nitrogens with two attached hydrogens (primary N) is 1. The highest BCUT2D eigenvalue weighted by Crippen LogP contribution is 2.35. The van der Waals surface area contributed by atoms with Crippen molar-refractivity contribution >= 4 is 17.5 Å². The van der Waals surface area contributed by atoms with Gasteiger partial charge in [-0.05, 0) is 60.4 Å². The zero-order valence-electron chi connectivity index (χ0n) is 18.4. The van der Waals surface area contributed by atoms with Crippen LogP contribution in [0.25, 0.3) is 0 Å². The van der Waals surface area contributed by atoms with Gasteiger partial charge in [0.1, 0.15) is 18.2 Å². The molecule has 32 heavy (non-hydrogen) atoms. The number of carbonyl (C=O) groups is 1. The van der Waals surface area contributed by atoms with Crippen LogP contribution >= 0.6 is 0 Å². The van der Waals surface area contributed by atoms with Crippen molar-refractivity contribution in [3.8, 4) is 5.75 Å². The molecule has 0 radical (unpaired) electrons. The van der Waals surface area contributed by atoms with Crippen molar-refractivity contribution in [1.29, 1.82) is 5.41 Å². The molecule has 0 aliphatic heterocycles. The van der Waals surface area contributed by atoms with Crippen LogP contribution in [0.5, 0.6) is 5.75 Å². The van der Waals surface area contributed by atoms with Gasteiger partial charge in [0.05, 0.1) is 12.5 Å². The molecule has 1 heterocycles. The van der Waals surface area contributed by atoms with E-state index in [4.69, 9.17) is 20.3 Å². The molecule has 0 saturated carbocycles. The number of benzene rings is 2. The van der Waals surface area contributed by atoms with E-state index in [0.29, 0.717) is 22.6 Å². The molecule has 168 valence electrons. The summed E-state index contributed by atoms with van der Waals surface area (Å²) >= 11 is 0. The molecule has 0 unspecified atom stereocenters. The van der Waals surface area contributed by atoms with Gasteiger partial charge >= 0.3 is 5.97 Å². The van der Waals surface area contributed by atoms with E-state index >= 15 is 0 Å². The molecule has 3 aromatic rings. The first kappa shape index (κ1) is 22.9. The predicted molar refractivity (Wildman–Crippen MR) is 124 cm³/mol. The highest BCUT2D eigenvalue weighted by molar-refractivity contribution is 5.95. The summed E-state index contributed by atoms with van der Waals surface area (Å²) in [6, 6.07) is 11.6. The predicted octanol–water partition coefficient (Wildman–Crippen LogP) is 4.90. The van der Waals surface area contributed by atoms with Crippen LogP contribution in [0.4, 0.5) is 5.69 Å². The zero-order chi connectivity index (χ0) is 23.1. The number of furan rings is 1. The summed E-state index contributed by atoms with van der Waals surface area (Å²) in [5, 5.41) is 20.7. The molecule has 1 atom stereocenters. The number of ether oxygens (including phenoxy) is 1. The third-order valence-electron chi connectivity index (χ3n) is 5.21. The Hall–Kier alpha value is -3.74. The Morgan fingerprint density at radius 1 is 1.19 bits per heavy atom. The Balaban J connectivity index is 2.01. The van der Waals surface area contributed by atoms with Crippen LogP contribution < -0.4 is 15.8 Å². The van der Waals surface area contributed by atoms with E-state index in [1.165, 1.54) is 0 Å². The lowest BCUT2D eigenvalue weighted by atomic mass is 9.95. The van der Waals surface area contributed by atoms with E-state index in [1.54, 1.807) is 36.8 Å². The van der Waals surface area contributed by atoms with Gasteiger partial charge in [0.2, 0.25) is 0 Å². The van der Waals surface area contributed by atoms with Crippen molar-refractivity contribution in [2.45, 2.75) is 45.8 Å². The summed E-state index contributed by atoms with van der Waals surface area (Å²) in [5.41, 5.74) is 10.2. The van der Waals surface area contributed by atoms with Crippen molar-refractivity contribution < 1.29 is 19.1 Å². The van der Waals surface area contributed by atoms with Gasteiger partial charge in [-0.15, -0.1) is 0 Å². The second kappa shape index (κ2) is 10.5. The Bertz CT molecular complexity index is 1060. The summed E-state index contributed by atoms with van der Waals surface area (Å²) in [6.45, 7) is 4.41. The number of hydrogen-bond acceptors (Lipinski definition) is 5. The third-order valence-corrected chi connectivity index (χ3v) is 5.21. The number of nitrogen functional groups attached to an aromatic ring is 1. The van der Waals surface area contributed by atoms with Crippen LogP contribution in [0.3, 0.4) is 0 Å². The van der Waals surface area contributed by atoms with E-state index in [9.17, 15) is 9.90 Å². The first-order valence-corrected chi connectivity index (χ1v) is 10.7. The summed E-state index contributed by atoms with van der Waals surface area (Å²) < 4.78 is 11.3. The first-order chi connectivity index (χ1) is 15.4. The van der Waals surface area contributed by atoms with E-state index in [0.717, 1.165) is 36.0 Å². The molecular formula is C25H29N3O4. The zero-order valence-corrected chi connectivity index (χ0v) is 18.4. The van der Waals surface area contributed by atoms with Gasteiger partial charge in [-0.2, -0.15) is 0 Å². The maximum atomic E-state index is 12.3. The molecule has 5 N–H and O–H groups in total. The van der Waals surface area contributed by atoms with Gasteiger partial charge in [0.15, 0.2) is 6.04 Å². The van der Waals surface area contributed by atoms with Crippen LogP contribution in [0.1, 0.15) is 54.1 Å². The highest BCUT2D eigenvalue weighted by atomic mass is 16.5. The number of carboxylic acids is 1. The summed E-state index contributed by atoms with van der Waals surface area (Å²) in [6.07, 6.45) is 5.67. The Morgan fingerprint density at radius 3 is 2.50 bits per heavy atom. The monoisotopic (exact) mass is 435 g/mol. The molecule has 1 aromatic heterocycles. The second-order valence-electron chi connectivity index (χ2n) is 7.60. The molecule has 0 saturated heterocycles. The fourth-order valence-corrected chi connectivity index (χ4v) is 3.55. The fraction of sp³-hybridized carbons (Fsp3) is 0.280. The average Bonchev–Trinajstić information content (AvgIpc) is 3.30. The highest BCUT2D eigenvalue weighted by Gasteiger charge is 2.26. The lowest BCUT2D eigenvalue weighted by molar-refractivity contribution is -0.138. The molecule has 2 aromatic carbocycles. The van der Waals surface area contributed by atoms with Gasteiger partial charge in [-0.25, -0.2) is 4.79 Å². The number of amidine groups is 1. The Morgan fingerprint density at radius 2 is 1.94 bits per heavy atom.